The molecule has 0 unspecified atom stereocenters. The molecule has 2 nitrogen and oxygen atoms in total. The molecule has 0 spiro atoms. The minimum absolute atomic E-state index is 0.0319. The van der Waals surface area contributed by atoms with E-state index < -0.39 is 15.1 Å². The highest BCUT2D eigenvalue weighted by Crippen LogP contribution is 3.02. The van der Waals surface area contributed by atoms with E-state index in [9.17, 15) is 19.4 Å². The molecular formula is C9H7F5N2S. The van der Waals surface area contributed by atoms with Crippen molar-refractivity contribution in [1.29, 1.82) is 0 Å². The van der Waals surface area contributed by atoms with Crippen LogP contribution in [0.2, 0.25) is 0 Å². The highest BCUT2D eigenvalue weighted by atomic mass is 32.5. The topological polar surface area (TPSA) is 28.7 Å². The van der Waals surface area contributed by atoms with Gasteiger partial charge in [0.1, 0.15) is 4.90 Å². The summed E-state index contributed by atoms with van der Waals surface area (Å²) in [6.07, 6.45) is 2.58. The molecule has 0 atom stereocenters. The SMILES string of the molecule is FS(F)(F)(F)(F)c1cccc(-c2cn[nH]c2)c1. The van der Waals surface area contributed by atoms with E-state index in [1.54, 1.807) is 0 Å². The van der Waals surface area contributed by atoms with E-state index in [2.05, 4.69) is 10.2 Å². The van der Waals surface area contributed by atoms with Gasteiger partial charge in [-0.3, -0.25) is 5.10 Å². The average molecular weight is 270 g/mol. The highest BCUT2D eigenvalue weighted by molar-refractivity contribution is 8.45. The zero-order valence-corrected chi connectivity index (χ0v) is 9.03. The predicted molar refractivity (Wildman–Crippen MR) is 55.4 cm³/mol. The molecule has 2 aromatic rings. The van der Waals surface area contributed by atoms with Crippen LogP contribution in [0, 0.1) is 0 Å². The van der Waals surface area contributed by atoms with Gasteiger partial charge in [0.15, 0.2) is 0 Å². The van der Waals surface area contributed by atoms with Crippen molar-refractivity contribution in [3.8, 4) is 11.1 Å². The molecule has 0 aliphatic heterocycles. The summed E-state index contributed by atoms with van der Waals surface area (Å²) in [5.74, 6) is 0. The molecule has 0 aliphatic carbocycles. The van der Waals surface area contributed by atoms with Gasteiger partial charge in [-0.1, -0.05) is 31.6 Å². The van der Waals surface area contributed by atoms with E-state index in [0.717, 1.165) is 6.07 Å². The lowest BCUT2D eigenvalue weighted by Crippen LogP contribution is -2.05. The number of aromatic nitrogens is 2. The Kier molecular flexibility index (Phi) is 1.97. The fourth-order valence-electron chi connectivity index (χ4n) is 1.32. The largest absolute Gasteiger partial charge is 0.310 e. The zero-order valence-electron chi connectivity index (χ0n) is 8.21. The van der Waals surface area contributed by atoms with Crippen LogP contribution < -0.4 is 0 Å². The van der Waals surface area contributed by atoms with Gasteiger partial charge in [0.2, 0.25) is 0 Å². The maximum absolute atomic E-state index is 12.5. The number of H-pyrrole nitrogens is 1. The van der Waals surface area contributed by atoms with Gasteiger partial charge in [-0.05, 0) is 17.7 Å². The van der Waals surface area contributed by atoms with Crippen LogP contribution in [0.1, 0.15) is 0 Å². The van der Waals surface area contributed by atoms with Crippen LogP contribution in [0.25, 0.3) is 11.1 Å². The van der Waals surface area contributed by atoms with Gasteiger partial charge in [-0.2, -0.15) is 5.10 Å². The Balaban J connectivity index is 2.59. The minimum Gasteiger partial charge on any atom is -0.285 e. The van der Waals surface area contributed by atoms with E-state index in [0.29, 0.717) is 17.7 Å². The number of hydrogen-bond acceptors (Lipinski definition) is 1. The number of nitrogens with zero attached hydrogens (tertiary/aromatic N) is 1. The molecule has 8 heteroatoms. The first kappa shape index (κ1) is 11.9. The summed E-state index contributed by atoms with van der Waals surface area (Å²) in [4.78, 5) is -1.90. The predicted octanol–water partition coefficient (Wildman–Crippen LogP) is 4.73. The van der Waals surface area contributed by atoms with Crippen molar-refractivity contribution >= 4 is 10.2 Å². The average Bonchev–Trinajstić information content (AvgIpc) is 2.67. The van der Waals surface area contributed by atoms with Crippen molar-refractivity contribution in [3.63, 3.8) is 0 Å². The van der Waals surface area contributed by atoms with E-state index >= 15 is 0 Å². The van der Waals surface area contributed by atoms with Gasteiger partial charge in [0, 0.05) is 11.8 Å². The van der Waals surface area contributed by atoms with Crippen LogP contribution in [-0.4, -0.2) is 10.2 Å². The van der Waals surface area contributed by atoms with E-state index in [1.807, 2.05) is 0 Å². The molecule has 0 saturated carbocycles. The zero-order chi connectivity index (χ0) is 12.8. The molecule has 0 radical (unpaired) electrons. The lowest BCUT2D eigenvalue weighted by Gasteiger charge is -2.40. The third-order valence-electron chi connectivity index (χ3n) is 2.11. The second-order valence-electron chi connectivity index (χ2n) is 3.48. The molecule has 94 valence electrons. The Hall–Kier alpha value is -1.57. The van der Waals surface area contributed by atoms with Crippen LogP contribution in [0.15, 0.2) is 41.6 Å². The standard InChI is InChI=1S/C9H7F5N2S/c10-17(11,12,13,14)9-3-1-2-7(4-9)8-5-15-16-6-8/h1-6H,(H,15,16). The molecule has 17 heavy (non-hydrogen) atoms. The summed E-state index contributed by atoms with van der Waals surface area (Å²) in [7, 11) is -9.61. The number of benzene rings is 1. The van der Waals surface area contributed by atoms with Crippen LogP contribution in [0.5, 0.6) is 0 Å². The summed E-state index contributed by atoms with van der Waals surface area (Å²) in [5, 5.41) is 5.94. The third kappa shape index (κ3) is 2.57. The summed E-state index contributed by atoms with van der Waals surface area (Å²) in [5.41, 5.74) is 0.346. The number of hydrogen-bond donors (Lipinski definition) is 1. The summed E-state index contributed by atoms with van der Waals surface area (Å²) in [6, 6.07) is 3.03. The number of rotatable bonds is 2. The van der Waals surface area contributed by atoms with Crippen molar-refractivity contribution in [2.24, 2.45) is 0 Å². The molecule has 1 aromatic carbocycles. The van der Waals surface area contributed by atoms with Crippen molar-refractivity contribution in [2.75, 3.05) is 0 Å². The van der Waals surface area contributed by atoms with Crippen molar-refractivity contribution in [3.05, 3.63) is 36.7 Å². The second kappa shape index (κ2) is 2.81. The monoisotopic (exact) mass is 270 g/mol. The number of aromatic amines is 1. The lowest BCUT2D eigenvalue weighted by atomic mass is 10.1. The van der Waals surface area contributed by atoms with Crippen molar-refractivity contribution < 1.29 is 19.4 Å². The quantitative estimate of drug-likeness (QED) is 0.785. The Morgan fingerprint density at radius 2 is 1.71 bits per heavy atom. The van der Waals surface area contributed by atoms with Gasteiger partial charge in [-0.25, -0.2) is 0 Å². The smallest absolute Gasteiger partial charge is 0.285 e. The molecule has 0 aliphatic rings. The first-order valence-electron chi connectivity index (χ1n) is 4.39. The first-order chi connectivity index (χ1) is 7.56. The molecule has 0 amide bonds. The van der Waals surface area contributed by atoms with Crippen molar-refractivity contribution in [1.82, 2.24) is 10.2 Å². The lowest BCUT2D eigenvalue weighted by molar-refractivity contribution is 0.364. The second-order valence-corrected chi connectivity index (χ2v) is 5.89. The molecule has 1 N–H and O–H groups in total. The number of nitrogens with one attached hydrogen (secondary N) is 1. The maximum atomic E-state index is 12.5. The normalized spacial score (nSPS) is 16.3. The Bertz CT molecular complexity index is 546. The summed E-state index contributed by atoms with van der Waals surface area (Å²) < 4.78 is 62.7. The van der Waals surface area contributed by atoms with Crippen LogP contribution >= 0.6 is 10.2 Å². The van der Waals surface area contributed by atoms with E-state index in [-0.39, 0.29) is 5.56 Å². The fraction of sp³-hybridized carbons (Fsp3) is 0. The molecule has 0 saturated heterocycles. The van der Waals surface area contributed by atoms with E-state index in [4.69, 9.17) is 0 Å². The highest BCUT2D eigenvalue weighted by Gasteiger charge is 2.65. The van der Waals surface area contributed by atoms with Gasteiger partial charge in [0.25, 0.3) is 0 Å². The van der Waals surface area contributed by atoms with Crippen LogP contribution in [-0.2, 0) is 0 Å². The van der Waals surface area contributed by atoms with Crippen molar-refractivity contribution in [2.45, 2.75) is 4.90 Å². The molecule has 2 rings (SSSR count). The third-order valence-corrected chi connectivity index (χ3v) is 3.26. The minimum atomic E-state index is -9.61. The molecule has 1 heterocycles. The van der Waals surface area contributed by atoms with Crippen LogP contribution in [0.4, 0.5) is 19.4 Å². The van der Waals surface area contributed by atoms with Gasteiger partial charge in [0.05, 0.1) is 6.20 Å². The van der Waals surface area contributed by atoms with Gasteiger partial charge >= 0.3 is 10.2 Å². The molecular weight excluding hydrogens is 263 g/mol. The van der Waals surface area contributed by atoms with Gasteiger partial charge < -0.3 is 0 Å². The summed E-state index contributed by atoms with van der Waals surface area (Å²) in [6.45, 7) is 0. The molecule has 0 fully saturated rings. The first-order valence-corrected chi connectivity index (χ1v) is 6.35. The molecule has 1 aromatic heterocycles. The Morgan fingerprint density at radius 1 is 1.00 bits per heavy atom. The summed E-state index contributed by atoms with van der Waals surface area (Å²) >= 11 is 0. The fourth-order valence-corrected chi connectivity index (χ4v) is 2.01. The van der Waals surface area contributed by atoms with E-state index in [1.165, 1.54) is 18.5 Å². The van der Waals surface area contributed by atoms with Gasteiger partial charge in [-0.15, -0.1) is 0 Å². The molecule has 0 bridgehead atoms. The maximum Gasteiger partial charge on any atom is 0.310 e. The van der Waals surface area contributed by atoms with Crippen LogP contribution in [0.3, 0.4) is 0 Å². The Morgan fingerprint density at radius 3 is 2.24 bits per heavy atom. The number of halogens is 5. The Labute approximate surface area is 93.2 Å².